The Bertz CT molecular complexity index is 170. The normalized spacial score (nSPS) is 14.0. The molecule has 1 unspecified atom stereocenters. The summed E-state index contributed by atoms with van der Waals surface area (Å²) >= 11 is 0. The van der Waals surface area contributed by atoms with Crippen molar-refractivity contribution in [3.63, 3.8) is 0 Å². The number of aliphatic carboxylic acids is 1. The molecule has 0 aromatic carbocycles. The van der Waals surface area contributed by atoms with Crippen LogP contribution in [-0.4, -0.2) is 23.3 Å². The Morgan fingerprint density at radius 3 is 2.43 bits per heavy atom. The number of hydrogen-bond donors (Lipinski definition) is 1. The molecule has 0 aliphatic rings. The van der Waals surface area contributed by atoms with Gasteiger partial charge in [0, 0.05) is 13.0 Å². The molecule has 14 heavy (non-hydrogen) atoms. The van der Waals surface area contributed by atoms with E-state index in [4.69, 9.17) is 9.84 Å². The van der Waals surface area contributed by atoms with Crippen molar-refractivity contribution >= 4 is 5.97 Å². The molecule has 1 atom stereocenters. The Hall–Kier alpha value is -0.570. The maximum Gasteiger partial charge on any atom is 0.303 e. The molecule has 3 heteroatoms. The van der Waals surface area contributed by atoms with Crippen molar-refractivity contribution in [2.75, 3.05) is 6.61 Å². The van der Waals surface area contributed by atoms with E-state index < -0.39 is 5.97 Å². The van der Waals surface area contributed by atoms with Gasteiger partial charge in [0.15, 0.2) is 0 Å². The first-order valence-electron chi connectivity index (χ1n) is 5.17. The first-order chi connectivity index (χ1) is 6.31. The molecule has 0 saturated heterocycles. The Morgan fingerprint density at radius 2 is 2.00 bits per heavy atom. The van der Waals surface area contributed by atoms with E-state index in [9.17, 15) is 4.79 Å². The number of carbonyl (C=O) groups is 1. The lowest BCUT2D eigenvalue weighted by Crippen LogP contribution is -2.22. The van der Waals surface area contributed by atoms with Gasteiger partial charge in [-0.25, -0.2) is 0 Å². The van der Waals surface area contributed by atoms with Crippen LogP contribution in [0.1, 0.15) is 47.0 Å². The van der Waals surface area contributed by atoms with Crippen LogP contribution >= 0.6 is 0 Å². The summed E-state index contributed by atoms with van der Waals surface area (Å²) < 4.78 is 5.60. The monoisotopic (exact) mass is 202 g/mol. The molecule has 0 rings (SSSR count). The van der Waals surface area contributed by atoms with Crippen molar-refractivity contribution in [1.29, 1.82) is 0 Å². The van der Waals surface area contributed by atoms with Crippen LogP contribution in [0.15, 0.2) is 0 Å². The van der Waals surface area contributed by atoms with Crippen LogP contribution in [0.5, 0.6) is 0 Å². The molecule has 84 valence electrons. The van der Waals surface area contributed by atoms with Gasteiger partial charge in [0.1, 0.15) is 0 Å². The lowest BCUT2D eigenvalue weighted by atomic mass is 10.0. The second kappa shape index (κ2) is 6.02. The van der Waals surface area contributed by atoms with E-state index in [1.807, 2.05) is 20.8 Å². The Balaban J connectivity index is 3.46. The zero-order valence-corrected chi connectivity index (χ0v) is 9.67. The third-order valence-corrected chi connectivity index (χ3v) is 1.89. The zero-order valence-electron chi connectivity index (χ0n) is 9.67. The fraction of sp³-hybridized carbons (Fsp3) is 0.909. The maximum atomic E-state index is 10.3. The molecule has 1 N–H and O–H groups in total. The summed E-state index contributed by atoms with van der Waals surface area (Å²) in [4.78, 5) is 10.3. The highest BCUT2D eigenvalue weighted by molar-refractivity contribution is 5.66. The van der Waals surface area contributed by atoms with E-state index in [-0.39, 0.29) is 12.0 Å². The summed E-state index contributed by atoms with van der Waals surface area (Å²) in [5.74, 6) is -0.275. The lowest BCUT2D eigenvalue weighted by molar-refractivity contribution is -0.137. The summed E-state index contributed by atoms with van der Waals surface area (Å²) in [6.45, 7) is 8.88. The first-order valence-corrected chi connectivity index (χ1v) is 5.17. The highest BCUT2D eigenvalue weighted by Crippen LogP contribution is 2.13. The Kier molecular flexibility index (Phi) is 5.77. The number of rotatable bonds is 6. The van der Waals surface area contributed by atoms with Crippen molar-refractivity contribution in [2.24, 2.45) is 5.92 Å². The number of carboxylic acid groups (broad SMARTS) is 1. The molecule has 0 amide bonds. The van der Waals surface area contributed by atoms with Gasteiger partial charge in [0.05, 0.1) is 5.60 Å². The maximum absolute atomic E-state index is 10.3. The van der Waals surface area contributed by atoms with Crippen LogP contribution in [0.2, 0.25) is 0 Å². The molecule has 0 aliphatic carbocycles. The minimum atomic E-state index is -0.714. The van der Waals surface area contributed by atoms with E-state index >= 15 is 0 Å². The largest absolute Gasteiger partial charge is 0.481 e. The Labute approximate surface area is 86.5 Å². The van der Waals surface area contributed by atoms with Gasteiger partial charge in [-0.2, -0.15) is 0 Å². The third kappa shape index (κ3) is 9.52. The summed E-state index contributed by atoms with van der Waals surface area (Å²) in [6, 6.07) is 0. The third-order valence-electron chi connectivity index (χ3n) is 1.89. The van der Waals surface area contributed by atoms with Crippen LogP contribution in [0.4, 0.5) is 0 Å². The standard InChI is InChI=1S/C11H22O3/c1-9(6-5-7-10(12)13)8-14-11(2,3)4/h9H,5-8H2,1-4H3,(H,12,13). The minimum Gasteiger partial charge on any atom is -0.481 e. The molecule has 0 radical (unpaired) electrons. The van der Waals surface area contributed by atoms with Crippen LogP contribution in [-0.2, 0) is 9.53 Å². The molecule has 0 aromatic rings. The van der Waals surface area contributed by atoms with Gasteiger partial charge in [0.25, 0.3) is 0 Å². The zero-order chi connectivity index (χ0) is 11.2. The second-order valence-electron chi connectivity index (χ2n) is 4.81. The van der Waals surface area contributed by atoms with Gasteiger partial charge in [-0.3, -0.25) is 4.79 Å². The van der Waals surface area contributed by atoms with Crippen LogP contribution < -0.4 is 0 Å². The highest BCUT2D eigenvalue weighted by atomic mass is 16.5. The second-order valence-corrected chi connectivity index (χ2v) is 4.81. The van der Waals surface area contributed by atoms with Crippen LogP contribution in [0.25, 0.3) is 0 Å². The van der Waals surface area contributed by atoms with Crippen molar-refractivity contribution in [3.8, 4) is 0 Å². The van der Waals surface area contributed by atoms with Gasteiger partial charge < -0.3 is 9.84 Å². The highest BCUT2D eigenvalue weighted by Gasteiger charge is 2.12. The summed E-state index contributed by atoms with van der Waals surface area (Å²) in [5, 5.41) is 8.45. The summed E-state index contributed by atoms with van der Waals surface area (Å²) in [6.07, 6.45) is 1.92. The number of carboxylic acids is 1. The molecular formula is C11H22O3. The van der Waals surface area contributed by atoms with Gasteiger partial charge in [-0.05, 0) is 39.5 Å². The number of hydrogen-bond acceptors (Lipinski definition) is 2. The van der Waals surface area contributed by atoms with E-state index in [1.165, 1.54) is 0 Å². The molecule has 0 aliphatic heterocycles. The van der Waals surface area contributed by atoms with E-state index in [1.54, 1.807) is 0 Å². The van der Waals surface area contributed by atoms with E-state index in [0.717, 1.165) is 12.8 Å². The molecule has 0 fully saturated rings. The summed E-state index contributed by atoms with van der Waals surface area (Å²) in [5.41, 5.74) is -0.0962. The van der Waals surface area contributed by atoms with Crippen molar-refractivity contribution in [1.82, 2.24) is 0 Å². The SMILES string of the molecule is CC(CCCC(=O)O)COC(C)(C)C. The van der Waals surface area contributed by atoms with Gasteiger partial charge in [-0.1, -0.05) is 6.92 Å². The average molecular weight is 202 g/mol. The Morgan fingerprint density at radius 1 is 1.43 bits per heavy atom. The van der Waals surface area contributed by atoms with Gasteiger partial charge in [0.2, 0.25) is 0 Å². The van der Waals surface area contributed by atoms with Gasteiger partial charge in [-0.15, -0.1) is 0 Å². The van der Waals surface area contributed by atoms with E-state index in [0.29, 0.717) is 12.5 Å². The van der Waals surface area contributed by atoms with Crippen molar-refractivity contribution < 1.29 is 14.6 Å². The molecular weight excluding hydrogens is 180 g/mol. The smallest absolute Gasteiger partial charge is 0.303 e. The predicted octanol–water partition coefficient (Wildman–Crippen LogP) is 2.69. The van der Waals surface area contributed by atoms with Gasteiger partial charge >= 0.3 is 5.97 Å². The molecule has 0 saturated carbocycles. The predicted molar refractivity (Wildman–Crippen MR) is 56.4 cm³/mol. The first kappa shape index (κ1) is 13.4. The fourth-order valence-corrected chi connectivity index (χ4v) is 1.08. The quantitative estimate of drug-likeness (QED) is 0.720. The molecule has 0 heterocycles. The summed E-state index contributed by atoms with van der Waals surface area (Å²) in [7, 11) is 0. The molecule has 3 nitrogen and oxygen atoms in total. The number of ether oxygens (including phenoxy) is 1. The molecule has 0 aromatic heterocycles. The van der Waals surface area contributed by atoms with Crippen LogP contribution in [0, 0.1) is 5.92 Å². The lowest BCUT2D eigenvalue weighted by Gasteiger charge is -2.22. The van der Waals surface area contributed by atoms with Crippen LogP contribution in [0.3, 0.4) is 0 Å². The molecule has 0 bridgehead atoms. The average Bonchev–Trinajstić information content (AvgIpc) is 1.99. The minimum absolute atomic E-state index is 0.0962. The van der Waals surface area contributed by atoms with Crippen molar-refractivity contribution in [3.05, 3.63) is 0 Å². The topological polar surface area (TPSA) is 46.5 Å². The molecule has 0 spiro atoms. The van der Waals surface area contributed by atoms with E-state index in [2.05, 4.69) is 6.92 Å². The van der Waals surface area contributed by atoms with Crippen molar-refractivity contribution in [2.45, 2.75) is 52.6 Å². The fourth-order valence-electron chi connectivity index (χ4n) is 1.08.